The number of nitrogens with two attached hydrogens (primary N) is 1. The molecule has 0 atom stereocenters. The van der Waals surface area contributed by atoms with Gasteiger partial charge in [0.05, 0.1) is 0 Å². The molecular formula is C5H12N4O. The van der Waals surface area contributed by atoms with E-state index < -0.39 is 6.03 Å². The summed E-state index contributed by atoms with van der Waals surface area (Å²) < 4.78 is 0. The summed E-state index contributed by atoms with van der Waals surface area (Å²) >= 11 is 0. The van der Waals surface area contributed by atoms with Crippen LogP contribution < -0.4 is 11.1 Å². The van der Waals surface area contributed by atoms with Crippen LogP contribution in [0.4, 0.5) is 4.79 Å². The Kier molecular flexibility index (Phi) is 3.24. The summed E-state index contributed by atoms with van der Waals surface area (Å²) in [5, 5.41) is 2.32. The molecule has 0 bridgehead atoms. The van der Waals surface area contributed by atoms with E-state index in [4.69, 9.17) is 5.73 Å². The second kappa shape index (κ2) is 3.71. The van der Waals surface area contributed by atoms with E-state index in [-0.39, 0.29) is 5.96 Å². The highest BCUT2D eigenvalue weighted by Crippen LogP contribution is 1.76. The van der Waals surface area contributed by atoms with Crippen molar-refractivity contribution in [2.45, 2.75) is 0 Å². The molecule has 0 unspecified atom stereocenters. The summed E-state index contributed by atoms with van der Waals surface area (Å²) in [4.78, 5) is 15.5. The summed E-state index contributed by atoms with van der Waals surface area (Å²) in [5.74, 6) is 0.194. The molecular weight excluding hydrogens is 132 g/mol. The largest absolute Gasteiger partial charge is 0.369 e. The molecule has 0 rings (SSSR count). The van der Waals surface area contributed by atoms with Gasteiger partial charge in [-0.1, -0.05) is 0 Å². The van der Waals surface area contributed by atoms with Crippen LogP contribution in [0.3, 0.4) is 0 Å². The second-order valence-corrected chi connectivity index (χ2v) is 1.92. The van der Waals surface area contributed by atoms with E-state index in [1.807, 2.05) is 0 Å². The molecule has 0 aliphatic heterocycles. The topological polar surface area (TPSA) is 70.7 Å². The fourth-order valence-electron chi connectivity index (χ4n) is 0.260. The molecule has 0 aromatic heterocycles. The number of nitrogens with one attached hydrogen (secondary N) is 1. The maximum atomic E-state index is 10.5. The van der Waals surface area contributed by atoms with Crippen LogP contribution in [0.5, 0.6) is 0 Å². The van der Waals surface area contributed by atoms with Crippen molar-refractivity contribution in [2.24, 2.45) is 10.7 Å². The Morgan fingerprint density at radius 1 is 1.60 bits per heavy atom. The molecule has 0 aromatic carbocycles. The van der Waals surface area contributed by atoms with Crippen LogP contribution in [0.25, 0.3) is 0 Å². The van der Waals surface area contributed by atoms with Gasteiger partial charge < -0.3 is 16.0 Å². The third kappa shape index (κ3) is 2.91. The van der Waals surface area contributed by atoms with Crippen molar-refractivity contribution < 1.29 is 4.79 Å². The number of hydrogen-bond acceptors (Lipinski definition) is 1. The van der Waals surface area contributed by atoms with E-state index in [0.29, 0.717) is 0 Å². The van der Waals surface area contributed by atoms with E-state index in [1.54, 1.807) is 19.0 Å². The second-order valence-electron chi connectivity index (χ2n) is 1.92. The number of rotatable bonds is 0. The van der Waals surface area contributed by atoms with Gasteiger partial charge in [0.25, 0.3) is 0 Å². The molecule has 0 aliphatic rings. The summed E-state index contributed by atoms with van der Waals surface area (Å²) in [6, 6.07) is -0.439. The van der Waals surface area contributed by atoms with Gasteiger partial charge in [-0.2, -0.15) is 4.99 Å². The molecule has 10 heavy (non-hydrogen) atoms. The number of aliphatic imine (C=N–C) groups is 1. The van der Waals surface area contributed by atoms with Crippen molar-refractivity contribution in [3.63, 3.8) is 0 Å². The fraction of sp³-hybridized carbons (Fsp3) is 0.600. The van der Waals surface area contributed by atoms with Crippen molar-refractivity contribution in [3.05, 3.63) is 0 Å². The van der Waals surface area contributed by atoms with Gasteiger partial charge in [0.15, 0.2) is 5.96 Å². The molecule has 58 valence electrons. The highest BCUT2D eigenvalue weighted by molar-refractivity contribution is 5.91. The molecule has 0 aliphatic carbocycles. The average molecular weight is 144 g/mol. The standard InChI is InChI=1S/C5H12N4O/c1-7-5(10)8-4(6)9(2)3/h1-3H3,(H3,6,7,8,10). The number of carbonyl (C=O) groups excluding carboxylic acids is 1. The van der Waals surface area contributed by atoms with Gasteiger partial charge in [-0.25, -0.2) is 4.79 Å². The number of urea groups is 1. The first-order chi connectivity index (χ1) is 4.57. The van der Waals surface area contributed by atoms with Crippen LogP contribution in [0.1, 0.15) is 0 Å². The lowest BCUT2D eigenvalue weighted by atomic mass is 10.8. The van der Waals surface area contributed by atoms with Crippen LogP contribution >= 0.6 is 0 Å². The predicted octanol–water partition coefficient (Wildman–Crippen LogP) is -0.798. The van der Waals surface area contributed by atoms with Crippen LogP contribution in [-0.4, -0.2) is 38.0 Å². The van der Waals surface area contributed by atoms with Gasteiger partial charge in [0.2, 0.25) is 0 Å². The van der Waals surface area contributed by atoms with Crippen LogP contribution in [0, 0.1) is 0 Å². The van der Waals surface area contributed by atoms with Crippen molar-refractivity contribution in [1.82, 2.24) is 10.2 Å². The van der Waals surface area contributed by atoms with E-state index in [9.17, 15) is 4.79 Å². The van der Waals surface area contributed by atoms with Gasteiger partial charge in [0.1, 0.15) is 0 Å². The average Bonchev–Trinajstić information content (AvgIpc) is 1.87. The first kappa shape index (κ1) is 8.74. The summed E-state index contributed by atoms with van der Waals surface area (Å²) in [5.41, 5.74) is 5.31. The Balaban J connectivity index is 4.03. The van der Waals surface area contributed by atoms with E-state index in [2.05, 4.69) is 10.3 Å². The molecule has 0 fully saturated rings. The number of guanidine groups is 1. The summed E-state index contributed by atoms with van der Waals surface area (Å²) in [7, 11) is 4.92. The highest BCUT2D eigenvalue weighted by atomic mass is 16.2. The zero-order valence-electron chi connectivity index (χ0n) is 6.38. The zero-order chi connectivity index (χ0) is 8.15. The summed E-state index contributed by atoms with van der Waals surface area (Å²) in [6.45, 7) is 0. The van der Waals surface area contributed by atoms with Gasteiger partial charge in [-0.15, -0.1) is 0 Å². The fourth-order valence-corrected chi connectivity index (χ4v) is 0.260. The Labute approximate surface area is 59.9 Å². The molecule has 0 radical (unpaired) electrons. The van der Waals surface area contributed by atoms with Crippen molar-refractivity contribution in [2.75, 3.05) is 21.1 Å². The normalized spacial score (nSPS) is 10.9. The predicted molar refractivity (Wildman–Crippen MR) is 39.8 cm³/mol. The first-order valence-electron chi connectivity index (χ1n) is 2.81. The van der Waals surface area contributed by atoms with E-state index in [1.165, 1.54) is 7.05 Å². The minimum atomic E-state index is -0.439. The molecule has 0 heterocycles. The lowest BCUT2D eigenvalue weighted by molar-refractivity contribution is 0.251. The Bertz CT molecular complexity index is 152. The Morgan fingerprint density at radius 3 is 2.40 bits per heavy atom. The quantitative estimate of drug-likeness (QED) is 0.345. The number of hydrogen-bond donors (Lipinski definition) is 2. The molecule has 2 amide bonds. The van der Waals surface area contributed by atoms with Gasteiger partial charge in [-0.3, -0.25) is 0 Å². The SMILES string of the molecule is CNC(=O)/N=C(\N)N(C)C. The highest BCUT2D eigenvalue weighted by Gasteiger charge is 1.96. The Morgan fingerprint density at radius 2 is 2.10 bits per heavy atom. The van der Waals surface area contributed by atoms with Gasteiger partial charge >= 0.3 is 6.03 Å². The molecule has 0 spiro atoms. The smallest absolute Gasteiger partial charge is 0.343 e. The van der Waals surface area contributed by atoms with Crippen molar-refractivity contribution >= 4 is 12.0 Å². The Hall–Kier alpha value is -1.26. The van der Waals surface area contributed by atoms with E-state index >= 15 is 0 Å². The molecule has 5 heteroatoms. The van der Waals surface area contributed by atoms with Gasteiger partial charge in [0, 0.05) is 21.1 Å². The van der Waals surface area contributed by atoms with E-state index in [0.717, 1.165) is 0 Å². The first-order valence-corrected chi connectivity index (χ1v) is 2.81. The number of carbonyl (C=O) groups is 1. The van der Waals surface area contributed by atoms with Gasteiger partial charge in [-0.05, 0) is 0 Å². The summed E-state index contributed by atoms with van der Waals surface area (Å²) in [6.07, 6.45) is 0. The molecule has 0 aromatic rings. The monoisotopic (exact) mass is 144 g/mol. The minimum absolute atomic E-state index is 0.194. The third-order valence-electron chi connectivity index (χ3n) is 0.888. The molecule has 0 saturated heterocycles. The van der Waals surface area contributed by atoms with Crippen molar-refractivity contribution in [3.8, 4) is 0 Å². The van der Waals surface area contributed by atoms with Crippen LogP contribution in [0.2, 0.25) is 0 Å². The number of nitrogens with zero attached hydrogens (tertiary/aromatic N) is 2. The maximum absolute atomic E-state index is 10.5. The molecule has 5 nitrogen and oxygen atoms in total. The lowest BCUT2D eigenvalue weighted by Crippen LogP contribution is -2.32. The van der Waals surface area contributed by atoms with Crippen LogP contribution in [-0.2, 0) is 0 Å². The van der Waals surface area contributed by atoms with Crippen LogP contribution in [0.15, 0.2) is 4.99 Å². The van der Waals surface area contributed by atoms with Crippen molar-refractivity contribution in [1.29, 1.82) is 0 Å². The minimum Gasteiger partial charge on any atom is -0.369 e. The lowest BCUT2D eigenvalue weighted by Gasteiger charge is -2.08. The zero-order valence-corrected chi connectivity index (χ0v) is 6.38. The maximum Gasteiger partial charge on any atom is 0.343 e. The number of amides is 2. The molecule has 3 N–H and O–H groups in total. The molecule has 0 saturated carbocycles. The third-order valence-corrected chi connectivity index (χ3v) is 0.888.